The molecule has 5 heteroatoms. The molecular weight excluding hydrogens is 154 g/mol. The fourth-order valence-electron chi connectivity index (χ4n) is 0.918. The fourth-order valence-corrected chi connectivity index (χ4v) is 1.25. The molecule has 2 unspecified atom stereocenters. The molecule has 4 nitrogen and oxygen atoms in total. The second kappa shape index (κ2) is 3.06. The molecule has 0 bridgehead atoms. The van der Waals surface area contributed by atoms with Crippen molar-refractivity contribution in [3.63, 3.8) is 0 Å². The molecule has 4 N–H and O–H groups in total. The Bertz CT molecular complexity index is 123. The highest BCUT2D eigenvalue weighted by atomic mass is 32.1. The van der Waals surface area contributed by atoms with Crippen LogP contribution in [0.4, 0.5) is 0 Å². The second-order valence-corrected chi connectivity index (χ2v) is 2.82. The lowest BCUT2D eigenvalue weighted by atomic mass is 10.1. The molecular formula is C5H11NO3S. The van der Waals surface area contributed by atoms with Crippen molar-refractivity contribution in [2.75, 3.05) is 6.61 Å². The molecule has 0 spiro atoms. The van der Waals surface area contributed by atoms with Crippen molar-refractivity contribution in [3.8, 4) is 0 Å². The monoisotopic (exact) mass is 165 g/mol. The van der Waals surface area contributed by atoms with E-state index in [9.17, 15) is 0 Å². The van der Waals surface area contributed by atoms with E-state index in [1.165, 1.54) is 0 Å². The molecule has 1 fully saturated rings. The van der Waals surface area contributed by atoms with E-state index in [4.69, 9.17) is 20.7 Å². The van der Waals surface area contributed by atoms with E-state index in [0.717, 1.165) is 0 Å². The summed E-state index contributed by atoms with van der Waals surface area (Å²) in [7, 11) is 0. The quantitative estimate of drug-likeness (QED) is 0.350. The Hall–Kier alpha value is 0.190. The van der Waals surface area contributed by atoms with Gasteiger partial charge in [0.2, 0.25) is 0 Å². The van der Waals surface area contributed by atoms with Gasteiger partial charge in [0.05, 0.1) is 12.6 Å². The molecule has 1 rings (SSSR count). The zero-order chi connectivity index (χ0) is 7.72. The fraction of sp³-hybridized carbons (Fsp3) is 1.00. The highest BCUT2D eigenvalue weighted by molar-refractivity contribution is 7.80. The number of aliphatic hydroxyl groups is 2. The van der Waals surface area contributed by atoms with Crippen molar-refractivity contribution in [1.82, 2.24) is 0 Å². The third-order valence-corrected chi connectivity index (χ3v) is 2.06. The van der Waals surface area contributed by atoms with Crippen molar-refractivity contribution in [1.29, 1.82) is 0 Å². The molecule has 0 aliphatic carbocycles. The summed E-state index contributed by atoms with van der Waals surface area (Å²) in [5.74, 6) is 0. The van der Waals surface area contributed by atoms with Crippen LogP contribution in [-0.2, 0) is 4.74 Å². The normalized spacial score (nSPS) is 48.0. The predicted molar refractivity (Wildman–Crippen MR) is 38.7 cm³/mol. The van der Waals surface area contributed by atoms with Gasteiger partial charge in [-0.05, 0) is 0 Å². The topological polar surface area (TPSA) is 75.7 Å². The summed E-state index contributed by atoms with van der Waals surface area (Å²) in [6.45, 7) is -0.216. The number of ether oxygens (including phenoxy) is 1. The van der Waals surface area contributed by atoms with E-state index in [-0.39, 0.29) is 6.61 Å². The van der Waals surface area contributed by atoms with Gasteiger partial charge in [0, 0.05) is 0 Å². The predicted octanol–water partition coefficient (Wildman–Crippen LogP) is -1.68. The molecule has 1 aliphatic heterocycles. The Kier molecular flexibility index (Phi) is 2.54. The van der Waals surface area contributed by atoms with Crippen LogP contribution >= 0.6 is 12.6 Å². The lowest BCUT2D eigenvalue weighted by Gasteiger charge is -2.10. The van der Waals surface area contributed by atoms with E-state index in [1.807, 2.05) is 0 Å². The van der Waals surface area contributed by atoms with Gasteiger partial charge in [-0.3, -0.25) is 0 Å². The minimum Gasteiger partial charge on any atom is -0.394 e. The average Bonchev–Trinajstić information content (AvgIpc) is 2.17. The van der Waals surface area contributed by atoms with Gasteiger partial charge in [0.25, 0.3) is 0 Å². The van der Waals surface area contributed by atoms with Gasteiger partial charge < -0.3 is 20.7 Å². The Morgan fingerprint density at radius 1 is 1.60 bits per heavy atom. The first-order valence-corrected chi connectivity index (χ1v) is 3.56. The first-order valence-electron chi connectivity index (χ1n) is 3.05. The Morgan fingerprint density at radius 3 is 2.40 bits per heavy atom. The smallest absolute Gasteiger partial charge is 0.118 e. The summed E-state index contributed by atoms with van der Waals surface area (Å²) in [5, 5.41) is 17.8. The van der Waals surface area contributed by atoms with Gasteiger partial charge in [0.1, 0.15) is 17.6 Å². The number of thiol groups is 1. The molecule has 0 aromatic rings. The molecule has 1 saturated heterocycles. The Morgan fingerprint density at radius 2 is 2.20 bits per heavy atom. The highest BCUT2D eigenvalue weighted by Gasteiger charge is 2.38. The summed E-state index contributed by atoms with van der Waals surface area (Å²) in [4.78, 5) is 0. The van der Waals surface area contributed by atoms with Crippen LogP contribution in [0.3, 0.4) is 0 Å². The van der Waals surface area contributed by atoms with Crippen LogP contribution in [0.2, 0.25) is 0 Å². The van der Waals surface area contributed by atoms with Crippen LogP contribution < -0.4 is 5.73 Å². The molecule has 1 heterocycles. The van der Waals surface area contributed by atoms with E-state index in [0.29, 0.717) is 0 Å². The average molecular weight is 165 g/mol. The minimum atomic E-state index is -0.799. The van der Waals surface area contributed by atoms with Gasteiger partial charge in [-0.25, -0.2) is 0 Å². The van der Waals surface area contributed by atoms with Gasteiger partial charge in [-0.2, -0.15) is 0 Å². The van der Waals surface area contributed by atoms with E-state index >= 15 is 0 Å². The number of nitrogens with two attached hydrogens (primary N) is 1. The third-order valence-electron chi connectivity index (χ3n) is 1.60. The molecule has 0 saturated carbocycles. The summed E-state index contributed by atoms with van der Waals surface area (Å²) >= 11 is 3.94. The zero-order valence-electron chi connectivity index (χ0n) is 5.34. The van der Waals surface area contributed by atoms with Gasteiger partial charge in [-0.15, -0.1) is 12.6 Å². The summed E-state index contributed by atoms with van der Waals surface area (Å²) < 4.78 is 4.97. The van der Waals surface area contributed by atoms with E-state index in [1.54, 1.807) is 0 Å². The largest absolute Gasteiger partial charge is 0.394 e. The van der Waals surface area contributed by atoms with Crippen molar-refractivity contribution in [2.24, 2.45) is 5.73 Å². The van der Waals surface area contributed by atoms with Crippen LogP contribution in [-0.4, -0.2) is 40.5 Å². The molecule has 10 heavy (non-hydrogen) atoms. The number of rotatable bonds is 1. The van der Waals surface area contributed by atoms with E-state index in [2.05, 4.69) is 12.6 Å². The summed E-state index contributed by atoms with van der Waals surface area (Å²) in [5.41, 5.74) is 4.96. The van der Waals surface area contributed by atoms with Gasteiger partial charge in [-0.1, -0.05) is 0 Å². The maximum atomic E-state index is 9.17. The molecule has 0 aromatic heterocycles. The van der Waals surface area contributed by atoms with Crippen LogP contribution in [0.25, 0.3) is 0 Å². The molecule has 1 aliphatic rings. The van der Waals surface area contributed by atoms with Crippen molar-refractivity contribution in [3.05, 3.63) is 0 Å². The maximum absolute atomic E-state index is 9.17. The first kappa shape index (κ1) is 8.29. The molecule has 0 radical (unpaired) electrons. The Balaban J connectivity index is 2.53. The van der Waals surface area contributed by atoms with Crippen LogP contribution in [0.1, 0.15) is 0 Å². The van der Waals surface area contributed by atoms with Gasteiger partial charge in [0.15, 0.2) is 0 Å². The number of hydrogen-bond donors (Lipinski definition) is 4. The molecule has 4 atom stereocenters. The maximum Gasteiger partial charge on any atom is 0.118 e. The van der Waals surface area contributed by atoms with Gasteiger partial charge >= 0.3 is 0 Å². The van der Waals surface area contributed by atoms with Crippen molar-refractivity contribution >= 4 is 12.6 Å². The van der Waals surface area contributed by atoms with Crippen molar-refractivity contribution in [2.45, 2.75) is 23.7 Å². The second-order valence-electron chi connectivity index (χ2n) is 2.32. The minimum absolute atomic E-state index is 0.216. The van der Waals surface area contributed by atoms with Crippen LogP contribution in [0.5, 0.6) is 0 Å². The van der Waals surface area contributed by atoms with E-state index < -0.39 is 23.7 Å². The molecule has 0 aromatic carbocycles. The lowest BCUT2D eigenvalue weighted by Crippen LogP contribution is -2.39. The lowest BCUT2D eigenvalue weighted by molar-refractivity contribution is -0.00249. The summed E-state index contributed by atoms with van der Waals surface area (Å²) in [6, 6.07) is -0.500. The molecule has 60 valence electrons. The molecule has 0 amide bonds. The Labute approximate surface area is 64.4 Å². The third kappa shape index (κ3) is 1.28. The SMILES string of the molecule is N[C@@H]1C(S)OC(CO)[C@H]1O. The summed E-state index contributed by atoms with van der Waals surface area (Å²) in [6.07, 6.45) is -1.37. The zero-order valence-corrected chi connectivity index (χ0v) is 6.24. The highest BCUT2D eigenvalue weighted by Crippen LogP contribution is 2.21. The number of aliphatic hydroxyl groups excluding tert-OH is 2. The van der Waals surface area contributed by atoms with Crippen molar-refractivity contribution < 1.29 is 14.9 Å². The number of hydrogen-bond acceptors (Lipinski definition) is 5. The standard InChI is InChI=1S/C5H11NO3S/c6-3-4(8)2(1-7)9-5(3)10/h2-5,7-8,10H,1,6H2/t2?,3-,4+,5?/m0/s1. The van der Waals surface area contributed by atoms with Crippen LogP contribution in [0.15, 0.2) is 0 Å². The first-order chi connectivity index (χ1) is 4.66. The van der Waals surface area contributed by atoms with Crippen LogP contribution in [0, 0.1) is 0 Å².